The SMILES string of the molecule is C=Cc1c(F)c(C#N)c(F)c(F)c1SCCCCNC(=O)OC(C)(C)C. The van der Waals surface area contributed by atoms with Gasteiger partial charge in [0.1, 0.15) is 17.2 Å². The van der Waals surface area contributed by atoms with Crippen LogP contribution in [0.1, 0.15) is 44.7 Å². The molecule has 8 heteroatoms. The van der Waals surface area contributed by atoms with Gasteiger partial charge in [0.05, 0.1) is 4.90 Å². The smallest absolute Gasteiger partial charge is 0.407 e. The number of hydrogen-bond donors (Lipinski definition) is 1. The standard InChI is InChI=1S/C18H21F3N2O2S/c1-5-11-13(19)12(10-22)14(20)15(21)16(11)26-9-7-6-8-23-17(24)25-18(2,3)4/h5H,1,6-9H2,2-4H3,(H,23,24). The van der Waals surface area contributed by atoms with Gasteiger partial charge in [0, 0.05) is 12.1 Å². The summed E-state index contributed by atoms with van der Waals surface area (Å²) in [6, 6.07) is 1.32. The number of unbranched alkanes of at least 4 members (excludes halogenated alkanes) is 1. The molecule has 0 saturated carbocycles. The topological polar surface area (TPSA) is 62.1 Å². The monoisotopic (exact) mass is 386 g/mol. The summed E-state index contributed by atoms with van der Waals surface area (Å²) >= 11 is 0.935. The lowest BCUT2D eigenvalue weighted by Crippen LogP contribution is -2.33. The summed E-state index contributed by atoms with van der Waals surface area (Å²) in [5.41, 5.74) is -1.76. The van der Waals surface area contributed by atoms with E-state index < -0.39 is 34.7 Å². The van der Waals surface area contributed by atoms with Crippen LogP contribution >= 0.6 is 11.8 Å². The molecule has 142 valence electrons. The molecule has 1 N–H and O–H groups in total. The van der Waals surface area contributed by atoms with Crippen molar-refractivity contribution in [3.63, 3.8) is 0 Å². The van der Waals surface area contributed by atoms with Gasteiger partial charge >= 0.3 is 6.09 Å². The summed E-state index contributed by atoms with van der Waals surface area (Å²) in [6.45, 7) is 9.02. The van der Waals surface area contributed by atoms with Crippen LogP contribution in [0.15, 0.2) is 11.5 Å². The highest BCUT2D eigenvalue weighted by Crippen LogP contribution is 2.33. The van der Waals surface area contributed by atoms with E-state index in [1.165, 1.54) is 6.07 Å². The lowest BCUT2D eigenvalue weighted by molar-refractivity contribution is 0.0527. The number of carbonyl (C=O) groups is 1. The van der Waals surface area contributed by atoms with Crippen molar-refractivity contribution in [2.24, 2.45) is 0 Å². The van der Waals surface area contributed by atoms with Gasteiger partial charge in [0.2, 0.25) is 0 Å². The Kier molecular flexibility index (Phi) is 8.03. The summed E-state index contributed by atoms with van der Waals surface area (Å²) in [4.78, 5) is 11.3. The van der Waals surface area contributed by atoms with Crippen molar-refractivity contribution in [2.75, 3.05) is 12.3 Å². The average molecular weight is 386 g/mol. The van der Waals surface area contributed by atoms with Gasteiger partial charge < -0.3 is 10.1 Å². The lowest BCUT2D eigenvalue weighted by Gasteiger charge is -2.19. The maximum Gasteiger partial charge on any atom is 0.407 e. The fourth-order valence-electron chi connectivity index (χ4n) is 1.99. The second kappa shape index (κ2) is 9.53. The minimum atomic E-state index is -1.50. The Balaban J connectivity index is 2.58. The van der Waals surface area contributed by atoms with Crippen LogP contribution in [-0.4, -0.2) is 24.0 Å². The zero-order valence-corrected chi connectivity index (χ0v) is 15.7. The third-order valence-corrected chi connectivity index (χ3v) is 4.29. The Morgan fingerprint density at radius 1 is 1.27 bits per heavy atom. The number of thioether (sulfide) groups is 1. The molecule has 4 nitrogen and oxygen atoms in total. The van der Waals surface area contributed by atoms with E-state index in [2.05, 4.69) is 11.9 Å². The van der Waals surface area contributed by atoms with Gasteiger partial charge in [-0.3, -0.25) is 0 Å². The van der Waals surface area contributed by atoms with E-state index in [1.54, 1.807) is 20.8 Å². The van der Waals surface area contributed by atoms with Gasteiger partial charge in [0.25, 0.3) is 0 Å². The van der Waals surface area contributed by atoms with Crippen molar-refractivity contribution < 1.29 is 22.7 Å². The fourth-order valence-corrected chi connectivity index (χ4v) is 3.08. The molecular weight excluding hydrogens is 365 g/mol. The summed E-state index contributed by atoms with van der Waals surface area (Å²) < 4.78 is 47.0. The summed E-state index contributed by atoms with van der Waals surface area (Å²) in [6.07, 6.45) is 1.69. The molecule has 1 aromatic rings. The number of nitriles is 1. The van der Waals surface area contributed by atoms with Crippen molar-refractivity contribution >= 4 is 23.9 Å². The first-order valence-electron chi connectivity index (χ1n) is 7.95. The van der Waals surface area contributed by atoms with E-state index in [1.807, 2.05) is 0 Å². The number of benzene rings is 1. The van der Waals surface area contributed by atoms with E-state index in [0.29, 0.717) is 25.1 Å². The van der Waals surface area contributed by atoms with Crippen LogP contribution in [0, 0.1) is 28.8 Å². The minimum absolute atomic E-state index is 0.214. The highest BCUT2D eigenvalue weighted by atomic mass is 32.2. The molecule has 0 radical (unpaired) electrons. The Hall–Kier alpha value is -2.14. The number of halogens is 3. The average Bonchev–Trinajstić information content (AvgIpc) is 2.54. The molecule has 0 heterocycles. The van der Waals surface area contributed by atoms with Crippen molar-refractivity contribution in [2.45, 2.75) is 44.1 Å². The van der Waals surface area contributed by atoms with Crippen LogP contribution in [0.2, 0.25) is 0 Å². The Bertz CT molecular complexity index is 725. The number of hydrogen-bond acceptors (Lipinski definition) is 4. The van der Waals surface area contributed by atoms with Crippen molar-refractivity contribution in [3.8, 4) is 6.07 Å². The lowest BCUT2D eigenvalue weighted by atomic mass is 10.1. The Morgan fingerprint density at radius 3 is 2.46 bits per heavy atom. The highest BCUT2D eigenvalue weighted by Gasteiger charge is 2.23. The maximum atomic E-state index is 14.1. The van der Waals surface area contributed by atoms with Gasteiger partial charge in [-0.05, 0) is 39.4 Å². The molecule has 26 heavy (non-hydrogen) atoms. The highest BCUT2D eigenvalue weighted by molar-refractivity contribution is 7.99. The Morgan fingerprint density at radius 2 is 1.92 bits per heavy atom. The van der Waals surface area contributed by atoms with Crippen molar-refractivity contribution in [1.29, 1.82) is 5.26 Å². The van der Waals surface area contributed by atoms with E-state index in [4.69, 9.17) is 10.00 Å². The fraction of sp³-hybridized carbons (Fsp3) is 0.444. The molecule has 0 aliphatic rings. The molecule has 0 spiro atoms. The molecule has 1 rings (SSSR count). The van der Waals surface area contributed by atoms with Gasteiger partial charge in [-0.1, -0.05) is 12.7 Å². The molecule has 0 aliphatic carbocycles. The van der Waals surface area contributed by atoms with Gasteiger partial charge in [-0.25, -0.2) is 18.0 Å². The molecule has 0 fully saturated rings. The molecule has 1 aromatic carbocycles. The number of amides is 1. The third-order valence-electron chi connectivity index (χ3n) is 3.11. The van der Waals surface area contributed by atoms with Gasteiger partial charge in [-0.15, -0.1) is 11.8 Å². The van der Waals surface area contributed by atoms with Crippen molar-refractivity contribution in [1.82, 2.24) is 5.32 Å². The maximum absolute atomic E-state index is 14.1. The van der Waals surface area contributed by atoms with Crippen LogP contribution in [0.25, 0.3) is 6.08 Å². The van der Waals surface area contributed by atoms with E-state index in [9.17, 15) is 18.0 Å². The minimum Gasteiger partial charge on any atom is -0.444 e. The summed E-state index contributed by atoms with van der Waals surface area (Å²) in [5, 5.41) is 11.3. The van der Waals surface area contributed by atoms with Crippen LogP contribution < -0.4 is 5.32 Å². The molecule has 0 aromatic heterocycles. The zero-order valence-electron chi connectivity index (χ0n) is 14.9. The quantitative estimate of drug-likeness (QED) is 0.406. The zero-order chi connectivity index (χ0) is 19.9. The molecule has 0 atom stereocenters. The molecule has 0 unspecified atom stereocenters. The van der Waals surface area contributed by atoms with Gasteiger partial charge in [-0.2, -0.15) is 5.26 Å². The normalized spacial score (nSPS) is 11.0. The summed E-state index contributed by atoms with van der Waals surface area (Å²) in [7, 11) is 0. The predicted octanol–water partition coefficient (Wildman–Crippen LogP) is 5.02. The first-order valence-corrected chi connectivity index (χ1v) is 8.93. The van der Waals surface area contributed by atoms with Crippen LogP contribution in [0.3, 0.4) is 0 Å². The molecule has 0 saturated heterocycles. The van der Waals surface area contributed by atoms with E-state index in [-0.39, 0.29) is 10.5 Å². The first kappa shape index (κ1) is 21.9. The number of carbonyl (C=O) groups excluding carboxylic acids is 1. The van der Waals surface area contributed by atoms with Crippen LogP contribution in [0.5, 0.6) is 0 Å². The first-order chi connectivity index (χ1) is 12.1. The van der Waals surface area contributed by atoms with Crippen LogP contribution in [0.4, 0.5) is 18.0 Å². The van der Waals surface area contributed by atoms with Gasteiger partial charge in [0.15, 0.2) is 17.5 Å². The largest absolute Gasteiger partial charge is 0.444 e. The predicted molar refractivity (Wildman–Crippen MR) is 95.3 cm³/mol. The second-order valence-electron chi connectivity index (χ2n) is 6.36. The number of rotatable bonds is 7. The number of nitrogens with zero attached hydrogens (tertiary/aromatic N) is 1. The molecule has 0 bridgehead atoms. The Labute approximate surface area is 155 Å². The van der Waals surface area contributed by atoms with E-state index in [0.717, 1.165) is 17.8 Å². The third kappa shape index (κ3) is 5.99. The molecular formula is C18H21F3N2O2S. The van der Waals surface area contributed by atoms with Crippen LogP contribution in [-0.2, 0) is 4.74 Å². The van der Waals surface area contributed by atoms with Crippen molar-refractivity contribution in [3.05, 3.63) is 35.2 Å². The number of alkyl carbamates (subject to hydrolysis) is 1. The molecule has 0 aliphatic heterocycles. The second-order valence-corrected chi connectivity index (χ2v) is 7.47. The number of nitrogens with one attached hydrogen (secondary N) is 1. The van der Waals surface area contributed by atoms with E-state index >= 15 is 0 Å². The summed E-state index contributed by atoms with van der Waals surface area (Å²) in [5.74, 6) is -3.49. The number of ether oxygens (including phenoxy) is 1. The molecule has 1 amide bonds.